The van der Waals surface area contributed by atoms with E-state index in [9.17, 15) is 14.4 Å². The number of carboxylic acids is 1. The number of amides is 2. The Hall–Kier alpha value is -2.37. The summed E-state index contributed by atoms with van der Waals surface area (Å²) in [6.45, 7) is 0. The van der Waals surface area contributed by atoms with E-state index in [4.69, 9.17) is 5.11 Å². The highest BCUT2D eigenvalue weighted by Gasteiger charge is 2.28. The van der Waals surface area contributed by atoms with Gasteiger partial charge in [-0.1, -0.05) is 25.3 Å². The lowest BCUT2D eigenvalue weighted by atomic mass is 9.84. The molecular formula is C22H30N2O4. The van der Waals surface area contributed by atoms with Crippen molar-refractivity contribution in [2.75, 3.05) is 5.32 Å². The smallest absolute Gasteiger partial charge is 0.335 e. The quantitative estimate of drug-likeness (QED) is 0.689. The lowest BCUT2D eigenvalue weighted by molar-refractivity contribution is -0.123. The van der Waals surface area contributed by atoms with Crippen LogP contribution >= 0.6 is 0 Å². The largest absolute Gasteiger partial charge is 0.478 e. The van der Waals surface area contributed by atoms with Crippen LogP contribution in [-0.4, -0.2) is 28.9 Å². The van der Waals surface area contributed by atoms with Crippen molar-refractivity contribution in [3.8, 4) is 0 Å². The van der Waals surface area contributed by atoms with Gasteiger partial charge in [-0.05, 0) is 62.6 Å². The van der Waals surface area contributed by atoms with Gasteiger partial charge in [-0.25, -0.2) is 4.79 Å². The Kier molecular flexibility index (Phi) is 7.06. The normalized spacial score (nSPS) is 23.0. The summed E-state index contributed by atoms with van der Waals surface area (Å²) in [5, 5.41) is 15.0. The molecule has 2 aliphatic carbocycles. The van der Waals surface area contributed by atoms with E-state index in [1.165, 1.54) is 44.2 Å². The zero-order valence-electron chi connectivity index (χ0n) is 16.3. The fourth-order valence-corrected chi connectivity index (χ4v) is 4.41. The summed E-state index contributed by atoms with van der Waals surface area (Å²) in [4.78, 5) is 35.8. The van der Waals surface area contributed by atoms with Crippen LogP contribution in [0.25, 0.3) is 0 Å². The van der Waals surface area contributed by atoms with Gasteiger partial charge in [-0.15, -0.1) is 0 Å². The fraction of sp³-hybridized carbons (Fsp3) is 0.591. The lowest BCUT2D eigenvalue weighted by Gasteiger charge is -2.29. The number of rotatable bonds is 6. The molecule has 2 aliphatic rings. The molecular weight excluding hydrogens is 356 g/mol. The monoisotopic (exact) mass is 386 g/mol. The summed E-state index contributed by atoms with van der Waals surface area (Å²) < 4.78 is 0. The van der Waals surface area contributed by atoms with Gasteiger partial charge in [0, 0.05) is 24.1 Å². The topological polar surface area (TPSA) is 95.5 Å². The average molecular weight is 386 g/mol. The Morgan fingerprint density at radius 2 is 1.68 bits per heavy atom. The Bertz CT molecular complexity index is 704. The van der Waals surface area contributed by atoms with Crippen molar-refractivity contribution in [2.45, 2.75) is 70.3 Å². The minimum Gasteiger partial charge on any atom is -0.478 e. The predicted molar refractivity (Wildman–Crippen MR) is 107 cm³/mol. The molecule has 6 heteroatoms. The third-order valence-corrected chi connectivity index (χ3v) is 6.04. The maximum absolute atomic E-state index is 12.5. The van der Waals surface area contributed by atoms with Crippen LogP contribution in [0.5, 0.6) is 0 Å². The van der Waals surface area contributed by atoms with Crippen molar-refractivity contribution < 1.29 is 19.5 Å². The lowest BCUT2D eigenvalue weighted by Crippen LogP contribution is -2.40. The number of benzene rings is 1. The second-order valence-corrected chi connectivity index (χ2v) is 8.20. The van der Waals surface area contributed by atoms with Crippen LogP contribution in [-0.2, 0) is 9.59 Å². The molecule has 2 fully saturated rings. The van der Waals surface area contributed by atoms with Gasteiger partial charge < -0.3 is 15.7 Å². The van der Waals surface area contributed by atoms with Crippen molar-refractivity contribution in [1.29, 1.82) is 0 Å². The van der Waals surface area contributed by atoms with Crippen molar-refractivity contribution in [1.82, 2.24) is 5.32 Å². The van der Waals surface area contributed by atoms with E-state index in [1.807, 2.05) is 0 Å². The molecule has 0 spiro atoms. The minimum absolute atomic E-state index is 0.0745. The number of nitrogens with one attached hydrogen (secondary N) is 2. The molecule has 28 heavy (non-hydrogen) atoms. The molecule has 0 atom stereocenters. The van der Waals surface area contributed by atoms with Gasteiger partial charge in [0.15, 0.2) is 0 Å². The first kappa shape index (κ1) is 20.4. The summed E-state index contributed by atoms with van der Waals surface area (Å²) in [5.41, 5.74) is 0.662. The van der Waals surface area contributed by atoms with Crippen molar-refractivity contribution in [3.63, 3.8) is 0 Å². The molecule has 1 aromatic carbocycles. The number of carbonyl (C=O) groups is 3. The molecule has 3 N–H and O–H groups in total. The molecule has 0 aromatic heterocycles. The highest BCUT2D eigenvalue weighted by atomic mass is 16.4. The molecule has 0 bridgehead atoms. The Morgan fingerprint density at radius 3 is 2.36 bits per heavy atom. The van der Waals surface area contributed by atoms with E-state index in [-0.39, 0.29) is 29.3 Å². The third-order valence-electron chi connectivity index (χ3n) is 6.04. The van der Waals surface area contributed by atoms with Crippen LogP contribution in [0.15, 0.2) is 24.3 Å². The molecule has 1 aromatic rings. The van der Waals surface area contributed by atoms with E-state index < -0.39 is 5.97 Å². The van der Waals surface area contributed by atoms with Gasteiger partial charge >= 0.3 is 5.97 Å². The molecule has 152 valence electrons. The van der Waals surface area contributed by atoms with E-state index in [0.717, 1.165) is 25.7 Å². The van der Waals surface area contributed by atoms with E-state index in [2.05, 4.69) is 10.6 Å². The van der Waals surface area contributed by atoms with E-state index in [1.54, 1.807) is 12.1 Å². The maximum Gasteiger partial charge on any atom is 0.335 e. The third kappa shape index (κ3) is 5.81. The molecule has 0 radical (unpaired) electrons. The summed E-state index contributed by atoms with van der Waals surface area (Å²) in [7, 11) is 0. The zero-order chi connectivity index (χ0) is 19.9. The number of carbonyl (C=O) groups excluding carboxylic acids is 2. The summed E-state index contributed by atoms with van der Waals surface area (Å²) in [5.74, 6) is -0.488. The molecule has 0 saturated heterocycles. The molecule has 6 nitrogen and oxygen atoms in total. The number of carboxylic acid groups (broad SMARTS) is 1. The maximum atomic E-state index is 12.5. The molecule has 2 saturated carbocycles. The number of hydrogen-bond donors (Lipinski definition) is 3. The molecule has 0 unspecified atom stereocenters. The van der Waals surface area contributed by atoms with Crippen molar-refractivity contribution in [3.05, 3.63) is 29.8 Å². The number of hydrogen-bond acceptors (Lipinski definition) is 3. The van der Waals surface area contributed by atoms with E-state index in [0.29, 0.717) is 18.0 Å². The van der Waals surface area contributed by atoms with Crippen LogP contribution in [0.3, 0.4) is 0 Å². The van der Waals surface area contributed by atoms with Gasteiger partial charge in [0.1, 0.15) is 0 Å². The predicted octanol–water partition coefficient (Wildman–Crippen LogP) is 3.97. The van der Waals surface area contributed by atoms with Crippen molar-refractivity contribution in [2.24, 2.45) is 11.8 Å². The second kappa shape index (κ2) is 9.71. The van der Waals surface area contributed by atoms with Crippen LogP contribution in [0.4, 0.5) is 5.69 Å². The second-order valence-electron chi connectivity index (χ2n) is 8.20. The van der Waals surface area contributed by atoms with Gasteiger partial charge in [-0.2, -0.15) is 0 Å². The van der Waals surface area contributed by atoms with Gasteiger partial charge in [0.05, 0.1) is 5.56 Å². The fourth-order valence-electron chi connectivity index (χ4n) is 4.41. The van der Waals surface area contributed by atoms with Gasteiger partial charge in [0.2, 0.25) is 11.8 Å². The summed E-state index contributed by atoms with van der Waals surface area (Å²) in [6.07, 6.45) is 9.85. The summed E-state index contributed by atoms with van der Waals surface area (Å²) in [6, 6.07) is 6.45. The Labute approximate surface area is 166 Å². The highest BCUT2D eigenvalue weighted by molar-refractivity contribution is 5.95. The first-order chi connectivity index (χ1) is 13.5. The molecule has 0 aliphatic heterocycles. The first-order valence-electron chi connectivity index (χ1n) is 10.4. The standard InChI is InChI=1S/C22H30N2O4/c25-20(13-15-5-2-1-3-6-15)23-18-11-9-16(10-12-18)21(26)24-19-8-4-7-17(14-19)22(27)28/h4,7-8,14-16,18H,1-3,5-6,9-13H2,(H,23,25)(H,24,26)(H,27,28). The zero-order valence-corrected chi connectivity index (χ0v) is 16.3. The van der Waals surface area contributed by atoms with Gasteiger partial charge in [0.25, 0.3) is 0 Å². The summed E-state index contributed by atoms with van der Waals surface area (Å²) >= 11 is 0. The number of aromatic carboxylic acids is 1. The van der Waals surface area contributed by atoms with Crippen LogP contribution in [0.1, 0.15) is 74.6 Å². The van der Waals surface area contributed by atoms with Crippen molar-refractivity contribution >= 4 is 23.5 Å². The highest BCUT2D eigenvalue weighted by Crippen LogP contribution is 2.28. The van der Waals surface area contributed by atoms with Gasteiger partial charge in [-0.3, -0.25) is 9.59 Å². The van der Waals surface area contributed by atoms with Crippen LogP contribution < -0.4 is 10.6 Å². The van der Waals surface area contributed by atoms with Crippen LogP contribution in [0.2, 0.25) is 0 Å². The number of anilines is 1. The Morgan fingerprint density at radius 1 is 0.964 bits per heavy atom. The Balaban J connectivity index is 1.41. The molecule has 0 heterocycles. The molecule has 3 rings (SSSR count). The molecule has 2 amide bonds. The van der Waals surface area contributed by atoms with E-state index >= 15 is 0 Å². The SMILES string of the molecule is O=C(CC1CCCCC1)NC1CCC(C(=O)Nc2cccc(C(=O)O)c2)CC1. The minimum atomic E-state index is -1.01. The van der Waals surface area contributed by atoms with Crippen LogP contribution in [0, 0.1) is 11.8 Å². The average Bonchev–Trinajstić information content (AvgIpc) is 2.69. The first-order valence-corrected chi connectivity index (χ1v) is 10.4.